The van der Waals surface area contributed by atoms with Gasteiger partial charge in [-0.25, -0.2) is 9.97 Å². The normalized spacial score (nSPS) is 12.3. The molecule has 0 amide bonds. The molecule has 0 unspecified atom stereocenters. The summed E-state index contributed by atoms with van der Waals surface area (Å²) in [6.07, 6.45) is 5.67. The van der Waals surface area contributed by atoms with Crippen LogP contribution in [-0.4, -0.2) is 19.6 Å². The van der Waals surface area contributed by atoms with E-state index in [4.69, 9.17) is 28.0 Å². The van der Waals surface area contributed by atoms with Gasteiger partial charge in [-0.1, -0.05) is 30.3 Å². The van der Waals surface area contributed by atoms with E-state index in [1.807, 2.05) is 72.8 Å². The van der Waals surface area contributed by atoms with Gasteiger partial charge in [-0.3, -0.25) is 4.68 Å². The van der Waals surface area contributed by atoms with Crippen LogP contribution in [0.25, 0.3) is 57.1 Å². The zero-order valence-corrected chi connectivity index (χ0v) is 19.7. The minimum atomic E-state index is 0. The zero-order valence-electron chi connectivity index (χ0n) is 18.5. The molecule has 9 heteroatoms. The van der Waals surface area contributed by atoms with Crippen LogP contribution in [0.15, 0.2) is 60.7 Å². The van der Waals surface area contributed by atoms with Crippen LogP contribution in [0.3, 0.4) is 0 Å². The number of hydrogen-bond donors (Lipinski definition) is 5. The van der Waals surface area contributed by atoms with Crippen molar-refractivity contribution in [3.8, 4) is 11.1 Å². The third-order valence-corrected chi connectivity index (χ3v) is 5.98. The predicted molar refractivity (Wildman–Crippen MR) is 140 cm³/mol. The Hall–Kier alpha value is -4.46. The molecule has 0 saturated heterocycles. The van der Waals surface area contributed by atoms with Crippen molar-refractivity contribution < 1.29 is 17.1 Å². The fraction of sp³-hybridized carbons (Fsp3) is 0. The molecule has 4 aromatic rings. The molecule has 173 valence electrons. The average molecular weight is 501 g/mol. The summed E-state index contributed by atoms with van der Waals surface area (Å²) in [4.78, 5) is 12.7. The molecule has 2 aliphatic heterocycles. The van der Waals surface area contributed by atoms with Gasteiger partial charge in [0, 0.05) is 33.7 Å². The first kappa shape index (κ1) is 22.3. The second-order valence-electron chi connectivity index (χ2n) is 8.25. The number of aromatic nitrogens is 4. The number of hydrogen-bond acceptors (Lipinski definition) is 6. The topological polar surface area (TPSA) is 151 Å². The van der Waals surface area contributed by atoms with Crippen LogP contribution in [-0.2, 0) is 17.1 Å². The largest absolute Gasteiger partial charge is 0.397 e. The molecular formula is C26H22MnN8. The molecule has 3 aromatic heterocycles. The maximum atomic E-state index is 6.68. The minimum absolute atomic E-state index is 0. The SMILES string of the molecule is NC1=Cc2cc3ccc(cc4nc(cc5c(-c6ccccc6)c(N)c(c(N)c1n2)n5N)C=C4)[nH]3.[Mn]. The molecule has 0 fully saturated rings. The number of nitrogens with two attached hydrogens (primary N) is 4. The molecule has 8 nitrogen and oxygen atoms in total. The van der Waals surface area contributed by atoms with Crippen molar-refractivity contribution in [3.05, 3.63) is 83.4 Å². The van der Waals surface area contributed by atoms with Crippen LogP contribution in [0.1, 0.15) is 22.8 Å². The number of nitrogens with zero attached hydrogens (tertiary/aromatic N) is 3. The van der Waals surface area contributed by atoms with Gasteiger partial charge >= 0.3 is 0 Å². The average Bonchev–Trinajstić information content (AvgIpc) is 3.58. The van der Waals surface area contributed by atoms with E-state index in [9.17, 15) is 0 Å². The molecule has 0 saturated carbocycles. The summed E-state index contributed by atoms with van der Waals surface area (Å²) in [5.41, 5.74) is 28.1. The van der Waals surface area contributed by atoms with Crippen LogP contribution < -0.4 is 23.0 Å². The monoisotopic (exact) mass is 501 g/mol. The van der Waals surface area contributed by atoms with Gasteiger partial charge in [0.1, 0.15) is 11.2 Å². The molecule has 1 radical (unpaired) electrons. The number of anilines is 2. The van der Waals surface area contributed by atoms with Crippen molar-refractivity contribution in [1.29, 1.82) is 0 Å². The number of benzene rings is 1. The zero-order chi connectivity index (χ0) is 23.4. The Morgan fingerprint density at radius 3 is 2.11 bits per heavy atom. The molecule has 9 N–H and O–H groups in total. The van der Waals surface area contributed by atoms with Crippen molar-refractivity contribution >= 4 is 57.4 Å². The fourth-order valence-electron chi connectivity index (χ4n) is 4.42. The first-order valence-electron chi connectivity index (χ1n) is 10.8. The second-order valence-corrected chi connectivity index (χ2v) is 8.25. The van der Waals surface area contributed by atoms with E-state index in [0.717, 1.165) is 33.5 Å². The molecule has 0 aliphatic carbocycles. The third-order valence-electron chi connectivity index (χ3n) is 5.98. The van der Waals surface area contributed by atoms with E-state index in [2.05, 4.69) is 9.97 Å². The van der Waals surface area contributed by atoms with Crippen LogP contribution >= 0.6 is 0 Å². The predicted octanol–water partition coefficient (Wildman–Crippen LogP) is 3.96. The van der Waals surface area contributed by atoms with Crippen LogP contribution in [0.2, 0.25) is 0 Å². The number of fused-ring (bicyclic) bond motifs is 8. The number of rotatable bonds is 1. The number of nitrogens with one attached hydrogen (secondary N) is 1. The van der Waals surface area contributed by atoms with E-state index >= 15 is 0 Å². The Labute approximate surface area is 211 Å². The summed E-state index contributed by atoms with van der Waals surface area (Å²) in [7, 11) is 0. The molecule has 8 bridgehead atoms. The summed E-state index contributed by atoms with van der Waals surface area (Å²) >= 11 is 0. The molecule has 35 heavy (non-hydrogen) atoms. The van der Waals surface area contributed by atoms with Crippen molar-refractivity contribution in [1.82, 2.24) is 19.6 Å². The van der Waals surface area contributed by atoms with Gasteiger partial charge in [0.05, 0.1) is 39.7 Å². The maximum Gasteiger partial charge on any atom is 0.112 e. The summed E-state index contributed by atoms with van der Waals surface area (Å²) in [5, 5.41) is 0. The Bertz CT molecular complexity index is 1690. The van der Waals surface area contributed by atoms with Gasteiger partial charge in [0.25, 0.3) is 0 Å². The summed E-state index contributed by atoms with van der Waals surface area (Å²) in [6.45, 7) is 0. The van der Waals surface area contributed by atoms with Gasteiger partial charge in [0.15, 0.2) is 0 Å². The first-order valence-corrected chi connectivity index (χ1v) is 10.8. The van der Waals surface area contributed by atoms with E-state index in [-0.39, 0.29) is 17.1 Å². The van der Waals surface area contributed by atoms with Crippen LogP contribution in [0.4, 0.5) is 11.4 Å². The quantitative estimate of drug-likeness (QED) is 0.173. The maximum absolute atomic E-state index is 6.68. The summed E-state index contributed by atoms with van der Waals surface area (Å²) in [5.74, 6) is 6.61. The molecular weight excluding hydrogens is 479 g/mol. The molecule has 0 spiro atoms. The first-order chi connectivity index (χ1) is 16.5. The molecule has 2 aliphatic rings. The number of nitrogen functional groups attached to an aromatic ring is 3. The summed E-state index contributed by atoms with van der Waals surface area (Å²) < 4.78 is 1.49. The minimum Gasteiger partial charge on any atom is -0.397 e. The molecule has 0 atom stereocenters. The standard InChI is InChI=1S/C26H22N8.Mn/c27-20-12-19-11-17-7-6-15(31-17)10-16-8-9-18(32-16)13-21-22(14-4-2-1-3-5-14)23(28)26(34(21)30)24(29)25(20)33-19;/h1-13,31H,27-30H2;. The second kappa shape index (κ2) is 8.39. The third kappa shape index (κ3) is 3.73. The van der Waals surface area contributed by atoms with Crippen molar-refractivity contribution in [3.63, 3.8) is 0 Å². The van der Waals surface area contributed by atoms with Crippen LogP contribution in [0, 0.1) is 0 Å². The van der Waals surface area contributed by atoms with E-state index in [1.165, 1.54) is 4.68 Å². The van der Waals surface area contributed by atoms with Gasteiger partial charge < -0.3 is 28.0 Å². The molecule has 1 aromatic carbocycles. The Morgan fingerprint density at radius 2 is 1.40 bits per heavy atom. The summed E-state index contributed by atoms with van der Waals surface area (Å²) in [6, 6.07) is 19.5. The van der Waals surface area contributed by atoms with Gasteiger partial charge in [0.2, 0.25) is 0 Å². The molecule has 6 rings (SSSR count). The van der Waals surface area contributed by atoms with E-state index < -0.39 is 0 Å². The Kier molecular flexibility index (Phi) is 5.36. The Balaban J connectivity index is 0.00000253. The number of aromatic amines is 1. The van der Waals surface area contributed by atoms with Crippen molar-refractivity contribution in [2.24, 2.45) is 5.73 Å². The fourth-order valence-corrected chi connectivity index (χ4v) is 4.42. The van der Waals surface area contributed by atoms with E-state index in [1.54, 1.807) is 6.08 Å². The number of H-pyrrole nitrogens is 1. The smallest absolute Gasteiger partial charge is 0.112 e. The Morgan fingerprint density at radius 1 is 0.743 bits per heavy atom. The van der Waals surface area contributed by atoms with Gasteiger partial charge in [-0.15, -0.1) is 0 Å². The van der Waals surface area contributed by atoms with E-state index in [0.29, 0.717) is 39.5 Å². The molecule has 5 heterocycles. The van der Waals surface area contributed by atoms with Crippen molar-refractivity contribution in [2.45, 2.75) is 0 Å². The van der Waals surface area contributed by atoms with Gasteiger partial charge in [-0.2, -0.15) is 0 Å². The van der Waals surface area contributed by atoms with Crippen molar-refractivity contribution in [2.75, 3.05) is 17.3 Å². The van der Waals surface area contributed by atoms with Crippen LogP contribution in [0.5, 0.6) is 0 Å². The van der Waals surface area contributed by atoms with Gasteiger partial charge in [-0.05, 0) is 54.1 Å².